The lowest BCUT2D eigenvalue weighted by Gasteiger charge is -2.21. The Morgan fingerprint density at radius 2 is 2.08 bits per heavy atom. The standard InChI is InChI=1S/C10H18N2O/c11-6-9-7-12-10(13-9)8-4-2-1-3-5-8/h8-9H,1-7,11H2. The molecule has 74 valence electrons. The molecule has 0 amide bonds. The second kappa shape index (κ2) is 4.09. The van der Waals surface area contributed by atoms with E-state index in [1.165, 1.54) is 32.1 Å². The molecule has 2 aliphatic rings. The summed E-state index contributed by atoms with van der Waals surface area (Å²) in [7, 11) is 0. The van der Waals surface area contributed by atoms with Crippen LogP contribution in [0.3, 0.4) is 0 Å². The summed E-state index contributed by atoms with van der Waals surface area (Å²) in [4.78, 5) is 4.43. The van der Waals surface area contributed by atoms with Crippen molar-refractivity contribution in [3.63, 3.8) is 0 Å². The van der Waals surface area contributed by atoms with Gasteiger partial charge in [-0.15, -0.1) is 0 Å². The van der Waals surface area contributed by atoms with Gasteiger partial charge in [-0.2, -0.15) is 0 Å². The van der Waals surface area contributed by atoms with Gasteiger partial charge < -0.3 is 10.5 Å². The highest BCUT2D eigenvalue weighted by atomic mass is 16.5. The minimum absolute atomic E-state index is 0.164. The van der Waals surface area contributed by atoms with E-state index in [2.05, 4.69) is 4.99 Å². The van der Waals surface area contributed by atoms with Gasteiger partial charge in [-0.3, -0.25) is 4.99 Å². The molecule has 0 spiro atoms. The van der Waals surface area contributed by atoms with E-state index in [0.717, 1.165) is 12.4 Å². The van der Waals surface area contributed by atoms with Gasteiger partial charge in [0, 0.05) is 12.5 Å². The molecule has 1 heterocycles. The van der Waals surface area contributed by atoms with E-state index in [0.29, 0.717) is 12.5 Å². The maximum absolute atomic E-state index is 5.68. The van der Waals surface area contributed by atoms with Crippen LogP contribution in [0.5, 0.6) is 0 Å². The molecule has 0 radical (unpaired) electrons. The first kappa shape index (κ1) is 9.00. The molecule has 13 heavy (non-hydrogen) atoms. The van der Waals surface area contributed by atoms with E-state index < -0.39 is 0 Å². The van der Waals surface area contributed by atoms with E-state index in [4.69, 9.17) is 10.5 Å². The Kier molecular flexibility index (Phi) is 2.83. The Bertz CT molecular complexity index is 197. The summed E-state index contributed by atoms with van der Waals surface area (Å²) in [5.74, 6) is 1.60. The summed E-state index contributed by atoms with van der Waals surface area (Å²) >= 11 is 0. The van der Waals surface area contributed by atoms with Crippen molar-refractivity contribution >= 4 is 5.90 Å². The first-order valence-electron chi connectivity index (χ1n) is 5.31. The molecule has 3 heteroatoms. The van der Waals surface area contributed by atoms with Gasteiger partial charge in [-0.25, -0.2) is 0 Å². The third kappa shape index (κ3) is 2.02. The second-order valence-corrected chi connectivity index (χ2v) is 3.99. The molecule has 0 aromatic heterocycles. The van der Waals surface area contributed by atoms with Crippen LogP contribution in [0.1, 0.15) is 32.1 Å². The average Bonchev–Trinajstić information content (AvgIpc) is 2.67. The molecule has 1 fully saturated rings. The zero-order chi connectivity index (χ0) is 9.10. The van der Waals surface area contributed by atoms with Crippen LogP contribution >= 0.6 is 0 Å². The lowest BCUT2D eigenvalue weighted by atomic mass is 9.89. The van der Waals surface area contributed by atoms with E-state index in [1.54, 1.807) is 0 Å². The fraction of sp³-hybridized carbons (Fsp3) is 0.900. The number of hydrogen-bond donors (Lipinski definition) is 1. The van der Waals surface area contributed by atoms with Gasteiger partial charge >= 0.3 is 0 Å². The van der Waals surface area contributed by atoms with E-state index in [9.17, 15) is 0 Å². The number of nitrogens with two attached hydrogens (primary N) is 1. The van der Waals surface area contributed by atoms with Crippen LogP contribution in [0.25, 0.3) is 0 Å². The van der Waals surface area contributed by atoms with Crippen molar-refractivity contribution in [3.8, 4) is 0 Å². The topological polar surface area (TPSA) is 47.6 Å². The SMILES string of the molecule is NCC1CN=C(C2CCCCC2)O1. The third-order valence-electron chi connectivity index (χ3n) is 2.96. The second-order valence-electron chi connectivity index (χ2n) is 3.99. The fourth-order valence-corrected chi connectivity index (χ4v) is 2.13. The van der Waals surface area contributed by atoms with Gasteiger partial charge in [-0.05, 0) is 12.8 Å². The Morgan fingerprint density at radius 3 is 2.69 bits per heavy atom. The Hall–Kier alpha value is -0.570. The highest BCUT2D eigenvalue weighted by molar-refractivity contribution is 5.80. The van der Waals surface area contributed by atoms with Crippen molar-refractivity contribution in [2.75, 3.05) is 13.1 Å². The van der Waals surface area contributed by atoms with E-state index >= 15 is 0 Å². The number of aliphatic imine (C=N–C) groups is 1. The highest BCUT2D eigenvalue weighted by Gasteiger charge is 2.26. The van der Waals surface area contributed by atoms with Crippen LogP contribution in [0.4, 0.5) is 0 Å². The maximum Gasteiger partial charge on any atom is 0.186 e. The largest absolute Gasteiger partial charge is 0.474 e. The maximum atomic E-state index is 5.68. The van der Waals surface area contributed by atoms with Gasteiger partial charge in [0.1, 0.15) is 6.10 Å². The predicted molar refractivity (Wildman–Crippen MR) is 52.8 cm³/mol. The smallest absolute Gasteiger partial charge is 0.186 e. The molecule has 0 aromatic rings. The average molecular weight is 182 g/mol. The van der Waals surface area contributed by atoms with Crippen molar-refractivity contribution < 1.29 is 4.74 Å². The summed E-state index contributed by atoms with van der Waals surface area (Å²) in [6.45, 7) is 1.38. The fourth-order valence-electron chi connectivity index (χ4n) is 2.13. The number of hydrogen-bond acceptors (Lipinski definition) is 3. The highest BCUT2D eigenvalue weighted by Crippen LogP contribution is 2.27. The summed E-state index contributed by atoms with van der Waals surface area (Å²) < 4.78 is 5.68. The predicted octanol–water partition coefficient (Wildman–Crippen LogP) is 1.32. The lowest BCUT2D eigenvalue weighted by Crippen LogP contribution is -2.26. The van der Waals surface area contributed by atoms with Gasteiger partial charge in [0.25, 0.3) is 0 Å². The van der Waals surface area contributed by atoms with Crippen molar-refractivity contribution in [2.45, 2.75) is 38.2 Å². The van der Waals surface area contributed by atoms with Crippen LogP contribution in [-0.4, -0.2) is 25.1 Å². The summed E-state index contributed by atoms with van der Waals surface area (Å²) in [6.07, 6.45) is 6.73. The minimum atomic E-state index is 0.164. The Balaban J connectivity index is 1.87. The minimum Gasteiger partial charge on any atom is -0.474 e. The quantitative estimate of drug-likeness (QED) is 0.700. The molecule has 1 aliphatic carbocycles. The van der Waals surface area contributed by atoms with Gasteiger partial charge in [-0.1, -0.05) is 19.3 Å². The monoisotopic (exact) mass is 182 g/mol. The molecular formula is C10H18N2O. The molecule has 0 saturated heterocycles. The zero-order valence-corrected chi connectivity index (χ0v) is 8.04. The molecule has 0 aromatic carbocycles. The van der Waals surface area contributed by atoms with Gasteiger partial charge in [0.05, 0.1) is 6.54 Å². The summed E-state index contributed by atoms with van der Waals surface area (Å²) in [5.41, 5.74) is 5.53. The van der Waals surface area contributed by atoms with E-state index in [-0.39, 0.29) is 6.10 Å². The van der Waals surface area contributed by atoms with Crippen molar-refractivity contribution in [1.82, 2.24) is 0 Å². The lowest BCUT2D eigenvalue weighted by molar-refractivity contribution is 0.210. The van der Waals surface area contributed by atoms with Crippen molar-refractivity contribution in [3.05, 3.63) is 0 Å². The summed E-state index contributed by atoms with van der Waals surface area (Å²) in [5, 5.41) is 0. The van der Waals surface area contributed by atoms with Crippen LogP contribution in [0.2, 0.25) is 0 Å². The molecule has 1 saturated carbocycles. The number of ether oxygens (including phenoxy) is 1. The van der Waals surface area contributed by atoms with Crippen LogP contribution in [0.15, 0.2) is 4.99 Å². The van der Waals surface area contributed by atoms with Gasteiger partial charge in [0.2, 0.25) is 0 Å². The molecule has 3 nitrogen and oxygen atoms in total. The van der Waals surface area contributed by atoms with Crippen LogP contribution in [-0.2, 0) is 4.74 Å². The number of nitrogens with zero attached hydrogens (tertiary/aromatic N) is 1. The first-order valence-corrected chi connectivity index (χ1v) is 5.31. The third-order valence-corrected chi connectivity index (χ3v) is 2.96. The molecule has 2 N–H and O–H groups in total. The molecule has 0 bridgehead atoms. The van der Waals surface area contributed by atoms with Gasteiger partial charge in [0.15, 0.2) is 5.90 Å². The molecule has 1 aliphatic heterocycles. The molecule has 1 atom stereocenters. The Labute approximate surface area is 79.4 Å². The van der Waals surface area contributed by atoms with Crippen molar-refractivity contribution in [2.24, 2.45) is 16.6 Å². The van der Waals surface area contributed by atoms with Crippen LogP contribution < -0.4 is 5.73 Å². The molecule has 2 rings (SSSR count). The summed E-state index contributed by atoms with van der Waals surface area (Å²) in [6, 6.07) is 0. The van der Waals surface area contributed by atoms with E-state index in [1.807, 2.05) is 0 Å². The zero-order valence-electron chi connectivity index (χ0n) is 8.04. The first-order chi connectivity index (χ1) is 6.40. The number of rotatable bonds is 2. The Morgan fingerprint density at radius 1 is 1.31 bits per heavy atom. The molecular weight excluding hydrogens is 164 g/mol. The van der Waals surface area contributed by atoms with Crippen molar-refractivity contribution in [1.29, 1.82) is 0 Å². The molecule has 1 unspecified atom stereocenters. The van der Waals surface area contributed by atoms with Crippen LogP contribution in [0, 0.1) is 5.92 Å². The normalized spacial score (nSPS) is 29.9.